The average molecular weight is 274 g/mol. The van der Waals surface area contributed by atoms with Gasteiger partial charge in [-0.05, 0) is 27.6 Å². The summed E-state index contributed by atoms with van der Waals surface area (Å²) in [7, 11) is 1.57. The third-order valence-corrected chi connectivity index (χ3v) is 2.62. The van der Waals surface area contributed by atoms with Crippen LogP contribution < -0.4 is 9.64 Å². The number of likely N-dealkylation sites (N-methyl/N-ethyl adjacent to an activating group) is 1. The molecule has 80 valence electrons. The van der Waals surface area contributed by atoms with Gasteiger partial charge < -0.3 is 9.64 Å². The quantitative estimate of drug-likeness (QED) is 0.773. The lowest BCUT2D eigenvalue weighted by molar-refractivity contribution is -0.117. The van der Waals surface area contributed by atoms with Gasteiger partial charge in [0.05, 0.1) is 12.1 Å². The zero-order valence-corrected chi connectivity index (χ0v) is 9.67. The molecule has 5 heteroatoms. The summed E-state index contributed by atoms with van der Waals surface area (Å²) in [5.74, 6) is -0.0806. The Morgan fingerprint density at radius 1 is 1.60 bits per heavy atom. The first kappa shape index (κ1) is 10.4. The summed E-state index contributed by atoms with van der Waals surface area (Å²) < 4.78 is 18.7. The predicted octanol–water partition coefficient (Wildman–Crippen LogP) is 2.08. The molecule has 0 N–H and O–H groups in total. The third-order valence-electron chi connectivity index (χ3n) is 2.39. The van der Waals surface area contributed by atoms with Crippen LogP contribution in [-0.4, -0.2) is 18.5 Å². The van der Waals surface area contributed by atoms with Crippen LogP contribution in [0.2, 0.25) is 0 Å². The highest BCUT2D eigenvalue weighted by atomic mass is 79.9. The van der Waals surface area contributed by atoms with E-state index in [4.69, 9.17) is 4.74 Å². The van der Waals surface area contributed by atoms with Crippen LogP contribution in [0.4, 0.5) is 10.1 Å². The van der Waals surface area contributed by atoms with Crippen LogP contribution in [0.3, 0.4) is 0 Å². The van der Waals surface area contributed by atoms with Gasteiger partial charge in [-0.2, -0.15) is 0 Å². The van der Waals surface area contributed by atoms with Gasteiger partial charge in [-0.3, -0.25) is 4.79 Å². The Labute approximate surface area is 95.0 Å². The van der Waals surface area contributed by atoms with Crippen molar-refractivity contribution in [2.45, 2.75) is 6.42 Å². The Balaban J connectivity index is 2.46. The molecule has 1 aromatic carbocycles. The van der Waals surface area contributed by atoms with Gasteiger partial charge in [-0.1, -0.05) is 0 Å². The Bertz CT molecular complexity index is 422. The second kappa shape index (κ2) is 3.81. The number of ether oxygens (including phenoxy) is 1. The first-order valence-electron chi connectivity index (χ1n) is 4.41. The van der Waals surface area contributed by atoms with Gasteiger partial charge in [0.25, 0.3) is 0 Å². The van der Waals surface area contributed by atoms with Crippen molar-refractivity contribution >= 4 is 27.5 Å². The van der Waals surface area contributed by atoms with Gasteiger partial charge in [0.2, 0.25) is 5.91 Å². The molecule has 1 aliphatic heterocycles. The molecule has 2 rings (SSSR count). The minimum atomic E-state index is -0.420. The van der Waals surface area contributed by atoms with E-state index in [9.17, 15) is 9.18 Å². The molecule has 1 amide bonds. The summed E-state index contributed by atoms with van der Waals surface area (Å²) in [4.78, 5) is 12.7. The Morgan fingerprint density at radius 3 is 3.00 bits per heavy atom. The smallest absolute Gasteiger partial charge is 0.231 e. The van der Waals surface area contributed by atoms with Gasteiger partial charge in [-0.15, -0.1) is 0 Å². The molecular formula is C10H9BrFNO2. The second-order valence-electron chi connectivity index (χ2n) is 3.30. The zero-order valence-electron chi connectivity index (χ0n) is 8.09. The van der Waals surface area contributed by atoms with Crippen molar-refractivity contribution < 1.29 is 13.9 Å². The molecule has 0 radical (unpaired) electrons. The van der Waals surface area contributed by atoms with E-state index in [0.717, 1.165) is 0 Å². The largest absolute Gasteiger partial charge is 0.482 e. The molecule has 0 atom stereocenters. The molecule has 0 saturated heterocycles. The summed E-state index contributed by atoms with van der Waals surface area (Å²) in [6, 6.07) is 2.98. The van der Waals surface area contributed by atoms with Crippen molar-refractivity contribution in [3.05, 3.63) is 23.5 Å². The Kier molecular flexibility index (Phi) is 2.65. The van der Waals surface area contributed by atoms with Crippen molar-refractivity contribution in [1.29, 1.82) is 0 Å². The number of hydrogen-bond acceptors (Lipinski definition) is 2. The minimum Gasteiger partial charge on any atom is -0.482 e. The lowest BCUT2D eigenvalue weighted by atomic mass is 10.1. The molecule has 3 nitrogen and oxygen atoms in total. The van der Waals surface area contributed by atoms with E-state index in [1.54, 1.807) is 13.1 Å². The monoisotopic (exact) mass is 273 g/mol. The fourth-order valence-corrected chi connectivity index (χ4v) is 1.96. The highest BCUT2D eigenvalue weighted by Gasteiger charge is 2.27. The van der Waals surface area contributed by atoms with Crippen molar-refractivity contribution in [1.82, 2.24) is 0 Å². The number of rotatable bonds is 2. The molecule has 1 aliphatic rings. The van der Waals surface area contributed by atoms with Crippen LogP contribution in [0, 0.1) is 5.82 Å². The summed E-state index contributed by atoms with van der Waals surface area (Å²) >= 11 is 3.09. The molecule has 1 heterocycles. The number of nitrogens with zero attached hydrogens (tertiary/aromatic N) is 1. The lowest BCUT2D eigenvalue weighted by Gasteiger charge is -2.11. The number of carbonyl (C=O) groups excluding carboxylic acids is 1. The standard InChI is InChI=1S/C10H9BrFNO2/c1-13-9(14)3-6-2-7(15-5-11)4-8(12)10(6)13/h2,4H,3,5H2,1H3. The summed E-state index contributed by atoms with van der Waals surface area (Å²) in [5, 5.41) is 0. The maximum atomic E-state index is 13.6. The lowest BCUT2D eigenvalue weighted by Crippen LogP contribution is -2.21. The molecule has 0 aliphatic carbocycles. The molecule has 1 aromatic rings. The molecule has 0 bridgehead atoms. The average Bonchev–Trinajstić information content (AvgIpc) is 2.43. The number of anilines is 1. The Morgan fingerprint density at radius 2 is 2.33 bits per heavy atom. The second-order valence-corrected chi connectivity index (χ2v) is 3.75. The van der Waals surface area contributed by atoms with E-state index in [1.165, 1.54) is 11.0 Å². The van der Waals surface area contributed by atoms with Crippen LogP contribution in [0.25, 0.3) is 0 Å². The highest BCUT2D eigenvalue weighted by molar-refractivity contribution is 9.09. The maximum absolute atomic E-state index is 13.6. The number of alkyl halides is 1. The highest BCUT2D eigenvalue weighted by Crippen LogP contribution is 2.34. The van der Waals surface area contributed by atoms with Crippen molar-refractivity contribution in [2.75, 3.05) is 17.5 Å². The molecule has 0 saturated carbocycles. The summed E-state index contributed by atoms with van der Waals surface area (Å²) in [6.45, 7) is 0. The first-order chi connectivity index (χ1) is 7.13. The van der Waals surface area contributed by atoms with E-state index in [0.29, 0.717) is 22.5 Å². The maximum Gasteiger partial charge on any atom is 0.231 e. The van der Waals surface area contributed by atoms with Crippen molar-refractivity contribution in [3.63, 3.8) is 0 Å². The van der Waals surface area contributed by atoms with Gasteiger partial charge in [-0.25, -0.2) is 4.39 Å². The van der Waals surface area contributed by atoms with E-state index in [-0.39, 0.29) is 12.3 Å². The molecule has 0 aromatic heterocycles. The summed E-state index contributed by atoms with van der Waals surface area (Å²) in [6.07, 6.45) is 0.238. The van der Waals surface area contributed by atoms with Gasteiger partial charge in [0.15, 0.2) is 5.82 Å². The fraction of sp³-hybridized carbons (Fsp3) is 0.300. The molecule has 0 unspecified atom stereocenters. The number of hydrogen-bond donors (Lipinski definition) is 0. The fourth-order valence-electron chi connectivity index (χ4n) is 1.69. The van der Waals surface area contributed by atoms with E-state index in [1.807, 2.05) is 0 Å². The van der Waals surface area contributed by atoms with Crippen LogP contribution in [0.1, 0.15) is 5.56 Å². The van der Waals surface area contributed by atoms with Crippen LogP contribution >= 0.6 is 15.9 Å². The number of amides is 1. The topological polar surface area (TPSA) is 29.5 Å². The van der Waals surface area contributed by atoms with E-state index < -0.39 is 5.82 Å². The summed E-state index contributed by atoms with van der Waals surface area (Å²) in [5.41, 5.74) is 1.34. The molecular weight excluding hydrogens is 265 g/mol. The van der Waals surface area contributed by atoms with Crippen LogP contribution in [-0.2, 0) is 11.2 Å². The number of fused-ring (bicyclic) bond motifs is 1. The minimum absolute atomic E-state index is 0.0973. The molecule has 0 spiro atoms. The number of benzene rings is 1. The van der Waals surface area contributed by atoms with Crippen LogP contribution in [0.5, 0.6) is 5.75 Å². The van der Waals surface area contributed by atoms with E-state index in [2.05, 4.69) is 15.9 Å². The molecule has 15 heavy (non-hydrogen) atoms. The van der Waals surface area contributed by atoms with Crippen molar-refractivity contribution in [2.24, 2.45) is 0 Å². The number of carbonyl (C=O) groups is 1. The van der Waals surface area contributed by atoms with Crippen LogP contribution in [0.15, 0.2) is 12.1 Å². The van der Waals surface area contributed by atoms with Crippen molar-refractivity contribution in [3.8, 4) is 5.75 Å². The third kappa shape index (κ3) is 1.71. The first-order valence-corrected chi connectivity index (χ1v) is 5.53. The predicted molar refractivity (Wildman–Crippen MR) is 57.9 cm³/mol. The normalized spacial score (nSPS) is 14.3. The zero-order chi connectivity index (χ0) is 11.0. The SMILES string of the molecule is CN1C(=O)Cc2cc(OCBr)cc(F)c21. The molecule has 0 fully saturated rings. The van der Waals surface area contributed by atoms with E-state index >= 15 is 0 Å². The number of halogens is 2. The Hall–Kier alpha value is -1.10. The van der Waals surface area contributed by atoms with Gasteiger partial charge in [0.1, 0.15) is 11.3 Å². The van der Waals surface area contributed by atoms with Gasteiger partial charge >= 0.3 is 0 Å². The van der Waals surface area contributed by atoms with Gasteiger partial charge in [0, 0.05) is 13.1 Å².